The van der Waals surface area contributed by atoms with Gasteiger partial charge in [-0.2, -0.15) is 0 Å². The smallest absolute Gasteiger partial charge is 0.270 e. The lowest BCUT2D eigenvalue weighted by Crippen LogP contribution is -2.32. The number of hydrogen-bond acceptors (Lipinski definition) is 4. The number of aliphatic hydroxyl groups excluding tert-OH is 1. The van der Waals surface area contributed by atoms with E-state index in [1.807, 2.05) is 13.8 Å². The van der Waals surface area contributed by atoms with Gasteiger partial charge in [0.15, 0.2) is 0 Å². The summed E-state index contributed by atoms with van der Waals surface area (Å²) >= 11 is 0. The number of carbonyl (C=O) groups excluding carboxylic acids is 1. The average molecular weight is 303 g/mol. The second-order valence-electron chi connectivity index (χ2n) is 6.09. The maximum atomic E-state index is 12.2. The topological polar surface area (TPSA) is 83.7 Å². The Labute approximate surface area is 128 Å². The number of nitrogens with one attached hydrogen (secondary N) is 1. The van der Waals surface area contributed by atoms with Crippen LogP contribution in [0.2, 0.25) is 0 Å². The van der Waals surface area contributed by atoms with E-state index >= 15 is 0 Å². The second-order valence-corrected chi connectivity index (χ2v) is 6.09. The Balaban J connectivity index is 2.02. The van der Waals surface area contributed by atoms with E-state index < -0.39 is 5.91 Å². The highest BCUT2D eigenvalue weighted by molar-refractivity contribution is 5.93. The molecule has 1 amide bonds. The monoisotopic (exact) mass is 303 g/mol. The molecule has 0 unspecified atom stereocenters. The third kappa shape index (κ3) is 3.71. The van der Waals surface area contributed by atoms with Crippen LogP contribution in [0, 0.1) is 5.41 Å². The number of aromatic nitrogens is 2. The highest BCUT2D eigenvalue weighted by Crippen LogP contribution is 2.20. The molecule has 2 N–H and O–H groups in total. The summed E-state index contributed by atoms with van der Waals surface area (Å²) in [4.78, 5) is 28.4. The molecule has 6 heteroatoms. The van der Waals surface area contributed by atoms with E-state index in [1.165, 1.54) is 10.6 Å². The lowest BCUT2D eigenvalue weighted by atomic mass is 9.89. The third-order valence-corrected chi connectivity index (χ3v) is 3.60. The van der Waals surface area contributed by atoms with Crippen molar-refractivity contribution in [2.75, 3.05) is 13.2 Å². The predicted molar refractivity (Wildman–Crippen MR) is 83.9 cm³/mol. The standard InChI is InChI=1S/C16H21N3O3/c1-16(2,11-20)7-5-8-17-14(21)12-10-18-13-6-3-4-9-19(13)15(12)22/h3-4,6,9-10,20H,5,7-8,11H2,1-2H3,(H,17,21). The van der Waals surface area contributed by atoms with E-state index in [-0.39, 0.29) is 23.1 Å². The first kappa shape index (κ1) is 16.2. The van der Waals surface area contributed by atoms with E-state index in [4.69, 9.17) is 0 Å². The molecule has 22 heavy (non-hydrogen) atoms. The van der Waals surface area contributed by atoms with Gasteiger partial charge in [0, 0.05) is 25.5 Å². The zero-order chi connectivity index (χ0) is 16.2. The molecule has 2 heterocycles. The molecule has 0 fully saturated rings. The average Bonchev–Trinajstić information content (AvgIpc) is 2.52. The summed E-state index contributed by atoms with van der Waals surface area (Å²) in [5, 5.41) is 11.9. The number of carbonyl (C=O) groups is 1. The van der Waals surface area contributed by atoms with Crippen LogP contribution in [0.15, 0.2) is 35.4 Å². The molecule has 2 aromatic heterocycles. The normalized spacial score (nSPS) is 11.6. The maximum absolute atomic E-state index is 12.2. The molecular weight excluding hydrogens is 282 g/mol. The summed E-state index contributed by atoms with van der Waals surface area (Å²) in [5.74, 6) is -0.419. The van der Waals surface area contributed by atoms with Crippen molar-refractivity contribution < 1.29 is 9.90 Å². The number of fused-ring (bicyclic) bond motifs is 1. The fourth-order valence-corrected chi connectivity index (χ4v) is 2.13. The van der Waals surface area contributed by atoms with Gasteiger partial charge in [-0.15, -0.1) is 0 Å². The van der Waals surface area contributed by atoms with Gasteiger partial charge in [0.1, 0.15) is 11.2 Å². The number of pyridine rings is 1. The molecule has 0 spiro atoms. The van der Waals surface area contributed by atoms with Crippen LogP contribution in [0.4, 0.5) is 0 Å². The molecule has 0 radical (unpaired) electrons. The molecule has 118 valence electrons. The Bertz CT molecular complexity index is 722. The van der Waals surface area contributed by atoms with E-state index in [0.29, 0.717) is 12.2 Å². The summed E-state index contributed by atoms with van der Waals surface area (Å²) in [6, 6.07) is 5.21. The van der Waals surface area contributed by atoms with Crippen molar-refractivity contribution >= 4 is 11.6 Å². The summed E-state index contributed by atoms with van der Waals surface area (Å²) in [6.45, 7) is 4.50. The number of nitrogens with zero attached hydrogens (tertiary/aromatic N) is 2. The van der Waals surface area contributed by atoms with Crippen LogP contribution >= 0.6 is 0 Å². The first-order valence-corrected chi connectivity index (χ1v) is 7.30. The van der Waals surface area contributed by atoms with E-state index in [9.17, 15) is 14.7 Å². The summed E-state index contributed by atoms with van der Waals surface area (Å²) in [7, 11) is 0. The molecule has 0 aliphatic rings. The van der Waals surface area contributed by atoms with Crippen LogP contribution in [0.25, 0.3) is 5.65 Å². The molecule has 2 aromatic rings. The molecule has 0 saturated heterocycles. The quantitative estimate of drug-likeness (QED) is 0.786. The Morgan fingerprint density at radius 2 is 2.18 bits per heavy atom. The fraction of sp³-hybridized carbons (Fsp3) is 0.438. The number of rotatable bonds is 6. The van der Waals surface area contributed by atoms with Gasteiger partial charge >= 0.3 is 0 Å². The lowest BCUT2D eigenvalue weighted by molar-refractivity contribution is 0.0946. The van der Waals surface area contributed by atoms with Crippen molar-refractivity contribution in [2.24, 2.45) is 5.41 Å². The summed E-state index contributed by atoms with van der Waals surface area (Å²) < 4.78 is 1.35. The van der Waals surface area contributed by atoms with E-state index in [2.05, 4.69) is 10.3 Å². The molecule has 0 aliphatic heterocycles. The minimum Gasteiger partial charge on any atom is -0.396 e. The lowest BCUT2D eigenvalue weighted by Gasteiger charge is -2.21. The van der Waals surface area contributed by atoms with Crippen LogP contribution in [0.5, 0.6) is 0 Å². The van der Waals surface area contributed by atoms with Crippen molar-refractivity contribution in [3.8, 4) is 0 Å². The van der Waals surface area contributed by atoms with Crippen molar-refractivity contribution in [3.05, 3.63) is 46.5 Å². The Morgan fingerprint density at radius 1 is 1.41 bits per heavy atom. The van der Waals surface area contributed by atoms with Gasteiger partial charge in [-0.05, 0) is 30.4 Å². The first-order chi connectivity index (χ1) is 10.4. The molecule has 0 atom stereocenters. The van der Waals surface area contributed by atoms with Crippen LogP contribution < -0.4 is 10.9 Å². The van der Waals surface area contributed by atoms with Crippen molar-refractivity contribution in [3.63, 3.8) is 0 Å². The zero-order valence-electron chi connectivity index (χ0n) is 12.9. The number of hydrogen-bond donors (Lipinski definition) is 2. The fourth-order valence-electron chi connectivity index (χ4n) is 2.13. The molecule has 0 aromatic carbocycles. The minimum absolute atomic E-state index is 0.0325. The molecule has 2 rings (SSSR count). The van der Waals surface area contributed by atoms with Crippen molar-refractivity contribution in [2.45, 2.75) is 26.7 Å². The van der Waals surface area contributed by atoms with Gasteiger partial charge in [-0.25, -0.2) is 4.98 Å². The van der Waals surface area contributed by atoms with Gasteiger partial charge in [0.05, 0.1) is 0 Å². The molecule has 0 aliphatic carbocycles. The first-order valence-electron chi connectivity index (χ1n) is 7.30. The Morgan fingerprint density at radius 3 is 2.91 bits per heavy atom. The predicted octanol–water partition coefficient (Wildman–Crippen LogP) is 1.22. The van der Waals surface area contributed by atoms with Crippen LogP contribution in [0.1, 0.15) is 37.0 Å². The Kier molecular flexibility index (Phi) is 4.92. The minimum atomic E-state index is -0.419. The number of aliphatic hydroxyl groups is 1. The van der Waals surface area contributed by atoms with Gasteiger partial charge < -0.3 is 10.4 Å². The summed E-state index contributed by atoms with van der Waals surface area (Å²) in [5.41, 5.74) is 0.00653. The van der Waals surface area contributed by atoms with Gasteiger partial charge in [0.25, 0.3) is 11.5 Å². The SMILES string of the molecule is CC(C)(CO)CCCNC(=O)c1cnc2ccccn2c1=O. The molecule has 0 bridgehead atoms. The zero-order valence-corrected chi connectivity index (χ0v) is 12.9. The van der Waals surface area contributed by atoms with E-state index in [1.54, 1.807) is 24.4 Å². The van der Waals surface area contributed by atoms with E-state index in [0.717, 1.165) is 12.8 Å². The van der Waals surface area contributed by atoms with Crippen LogP contribution in [0.3, 0.4) is 0 Å². The molecule has 6 nitrogen and oxygen atoms in total. The van der Waals surface area contributed by atoms with Crippen molar-refractivity contribution in [1.29, 1.82) is 0 Å². The highest BCUT2D eigenvalue weighted by Gasteiger charge is 2.16. The second kappa shape index (κ2) is 6.70. The van der Waals surface area contributed by atoms with Crippen LogP contribution in [-0.4, -0.2) is 33.6 Å². The molecule has 0 saturated carbocycles. The largest absolute Gasteiger partial charge is 0.396 e. The molecular formula is C16H21N3O3. The van der Waals surface area contributed by atoms with Gasteiger partial charge in [-0.3, -0.25) is 14.0 Å². The summed E-state index contributed by atoms with van der Waals surface area (Å²) in [6.07, 6.45) is 4.43. The Hall–Kier alpha value is -2.21. The van der Waals surface area contributed by atoms with Gasteiger partial charge in [0.2, 0.25) is 0 Å². The highest BCUT2D eigenvalue weighted by atomic mass is 16.3. The van der Waals surface area contributed by atoms with Crippen molar-refractivity contribution in [1.82, 2.24) is 14.7 Å². The van der Waals surface area contributed by atoms with Gasteiger partial charge in [-0.1, -0.05) is 19.9 Å². The van der Waals surface area contributed by atoms with Crippen LogP contribution in [-0.2, 0) is 0 Å². The number of amides is 1. The maximum Gasteiger partial charge on any atom is 0.270 e. The third-order valence-electron chi connectivity index (χ3n) is 3.60.